The first-order chi connectivity index (χ1) is 13.0. The Balaban J connectivity index is 1.70. The standard InChI is InChI=1S/C18H18N4O4S/c23-18(24)14(10-15-6-4-5-9-19-15)11-21-27(25,26)17-12-20-22(13-17)16-7-2-1-3-8-16/h1-9,12-14,21H,10-11H2,(H,23,24). The van der Waals surface area contributed by atoms with Gasteiger partial charge in [-0.15, -0.1) is 0 Å². The molecule has 2 aromatic heterocycles. The third-order valence-corrected chi connectivity index (χ3v) is 5.32. The zero-order chi connectivity index (χ0) is 19.3. The number of hydrogen-bond acceptors (Lipinski definition) is 5. The van der Waals surface area contributed by atoms with Crippen molar-refractivity contribution >= 4 is 16.0 Å². The van der Waals surface area contributed by atoms with Gasteiger partial charge in [-0.3, -0.25) is 9.78 Å². The van der Waals surface area contributed by atoms with Gasteiger partial charge >= 0.3 is 5.97 Å². The lowest BCUT2D eigenvalue weighted by atomic mass is 10.0. The monoisotopic (exact) mass is 386 g/mol. The maximum atomic E-state index is 12.5. The van der Waals surface area contributed by atoms with E-state index in [9.17, 15) is 18.3 Å². The Morgan fingerprint density at radius 2 is 1.89 bits per heavy atom. The Hall–Kier alpha value is -3.04. The number of aromatic nitrogens is 3. The Morgan fingerprint density at radius 1 is 1.15 bits per heavy atom. The highest BCUT2D eigenvalue weighted by Gasteiger charge is 2.23. The van der Waals surface area contributed by atoms with E-state index in [-0.39, 0.29) is 17.9 Å². The van der Waals surface area contributed by atoms with E-state index in [1.54, 1.807) is 36.5 Å². The molecule has 0 aliphatic rings. The van der Waals surface area contributed by atoms with Crippen LogP contribution in [0.3, 0.4) is 0 Å². The summed E-state index contributed by atoms with van der Waals surface area (Å²) in [5, 5.41) is 13.4. The minimum Gasteiger partial charge on any atom is -0.481 e. The molecule has 1 aromatic carbocycles. The van der Waals surface area contributed by atoms with E-state index in [1.807, 2.05) is 18.2 Å². The lowest BCUT2D eigenvalue weighted by Gasteiger charge is -2.12. The number of aliphatic carboxylic acids is 1. The first-order valence-corrected chi connectivity index (χ1v) is 9.66. The number of carboxylic acid groups (broad SMARTS) is 1. The highest BCUT2D eigenvalue weighted by Crippen LogP contribution is 2.13. The van der Waals surface area contributed by atoms with E-state index in [4.69, 9.17) is 0 Å². The van der Waals surface area contributed by atoms with Crippen molar-refractivity contribution in [1.82, 2.24) is 19.5 Å². The molecule has 0 saturated carbocycles. The van der Waals surface area contributed by atoms with Crippen LogP contribution >= 0.6 is 0 Å². The number of nitrogens with one attached hydrogen (secondary N) is 1. The third-order valence-electron chi connectivity index (χ3n) is 3.94. The van der Waals surface area contributed by atoms with Gasteiger partial charge in [0.05, 0.1) is 24.0 Å². The fraction of sp³-hybridized carbons (Fsp3) is 0.167. The summed E-state index contributed by atoms with van der Waals surface area (Å²) in [7, 11) is -3.89. The van der Waals surface area contributed by atoms with Crippen LogP contribution in [0.2, 0.25) is 0 Å². The average molecular weight is 386 g/mol. The molecule has 0 bridgehead atoms. The average Bonchev–Trinajstić information content (AvgIpc) is 3.18. The van der Waals surface area contributed by atoms with E-state index in [0.29, 0.717) is 5.69 Å². The topological polar surface area (TPSA) is 114 Å². The second kappa shape index (κ2) is 8.11. The molecule has 1 unspecified atom stereocenters. The molecule has 0 aliphatic heterocycles. The summed E-state index contributed by atoms with van der Waals surface area (Å²) >= 11 is 0. The Kier molecular flexibility index (Phi) is 5.63. The molecule has 2 N–H and O–H groups in total. The largest absolute Gasteiger partial charge is 0.481 e. The summed E-state index contributed by atoms with van der Waals surface area (Å²) in [6.45, 7) is -0.245. The molecule has 3 aromatic rings. The highest BCUT2D eigenvalue weighted by atomic mass is 32.2. The smallest absolute Gasteiger partial charge is 0.308 e. The Bertz CT molecular complexity index is 1000. The number of para-hydroxylation sites is 1. The molecule has 0 amide bonds. The van der Waals surface area contributed by atoms with E-state index < -0.39 is 21.9 Å². The van der Waals surface area contributed by atoms with E-state index in [1.165, 1.54) is 17.1 Å². The fourth-order valence-corrected chi connectivity index (χ4v) is 3.49. The summed E-state index contributed by atoms with van der Waals surface area (Å²) in [5.41, 5.74) is 1.30. The van der Waals surface area contributed by atoms with Crippen LogP contribution < -0.4 is 4.72 Å². The highest BCUT2D eigenvalue weighted by molar-refractivity contribution is 7.89. The number of rotatable bonds is 8. The quantitative estimate of drug-likeness (QED) is 0.606. The van der Waals surface area contributed by atoms with Gasteiger partial charge in [-0.2, -0.15) is 5.10 Å². The van der Waals surface area contributed by atoms with Crippen LogP contribution in [-0.4, -0.2) is 40.8 Å². The van der Waals surface area contributed by atoms with Crippen LogP contribution in [0.4, 0.5) is 0 Å². The van der Waals surface area contributed by atoms with E-state index >= 15 is 0 Å². The Morgan fingerprint density at radius 3 is 2.56 bits per heavy atom. The number of pyridine rings is 1. The summed E-state index contributed by atoms with van der Waals surface area (Å²) in [5.74, 6) is -2.03. The van der Waals surface area contributed by atoms with Crippen LogP contribution in [0.5, 0.6) is 0 Å². The number of hydrogen-bond donors (Lipinski definition) is 2. The lowest BCUT2D eigenvalue weighted by Crippen LogP contribution is -2.34. The zero-order valence-corrected chi connectivity index (χ0v) is 15.1. The van der Waals surface area contributed by atoms with Crippen molar-refractivity contribution in [3.8, 4) is 5.69 Å². The molecule has 0 saturated heterocycles. The minimum absolute atomic E-state index is 0.0340. The lowest BCUT2D eigenvalue weighted by molar-refractivity contribution is -0.141. The van der Waals surface area contributed by atoms with Crippen LogP contribution in [0.1, 0.15) is 5.69 Å². The minimum atomic E-state index is -3.89. The van der Waals surface area contributed by atoms with Crippen LogP contribution in [-0.2, 0) is 21.2 Å². The molecule has 8 nitrogen and oxygen atoms in total. The number of benzene rings is 1. The molecule has 0 spiro atoms. The number of carbonyl (C=O) groups is 1. The molecular weight excluding hydrogens is 368 g/mol. The van der Waals surface area contributed by atoms with Gasteiger partial charge in [0.1, 0.15) is 4.90 Å². The molecule has 9 heteroatoms. The second-order valence-electron chi connectivity index (χ2n) is 5.87. The normalized spacial score (nSPS) is 12.6. The van der Waals surface area contributed by atoms with Gasteiger partial charge < -0.3 is 5.11 Å². The molecule has 1 atom stereocenters. The van der Waals surface area contributed by atoms with Crippen molar-refractivity contribution in [3.63, 3.8) is 0 Å². The predicted octanol–water partition coefficient (Wildman–Crippen LogP) is 1.49. The van der Waals surface area contributed by atoms with Gasteiger partial charge in [0, 0.05) is 24.9 Å². The van der Waals surface area contributed by atoms with Crippen LogP contribution in [0.25, 0.3) is 5.69 Å². The van der Waals surface area contributed by atoms with Crippen molar-refractivity contribution in [2.75, 3.05) is 6.54 Å². The molecule has 27 heavy (non-hydrogen) atoms. The summed E-state index contributed by atoms with van der Waals surface area (Å²) in [6.07, 6.45) is 4.30. The fourth-order valence-electron chi connectivity index (χ4n) is 2.48. The molecule has 0 fully saturated rings. The maximum absolute atomic E-state index is 12.5. The summed E-state index contributed by atoms with van der Waals surface area (Å²) < 4.78 is 28.8. The van der Waals surface area contributed by atoms with Gasteiger partial charge in [-0.25, -0.2) is 17.8 Å². The van der Waals surface area contributed by atoms with Crippen molar-refractivity contribution in [1.29, 1.82) is 0 Å². The first kappa shape index (κ1) is 18.7. The van der Waals surface area contributed by atoms with E-state index in [0.717, 1.165) is 5.69 Å². The van der Waals surface area contributed by atoms with Crippen molar-refractivity contribution in [2.24, 2.45) is 5.92 Å². The van der Waals surface area contributed by atoms with Gasteiger partial charge in [0.2, 0.25) is 10.0 Å². The van der Waals surface area contributed by atoms with Crippen molar-refractivity contribution < 1.29 is 18.3 Å². The SMILES string of the molecule is O=C(O)C(CNS(=O)(=O)c1cnn(-c2ccccc2)c1)Cc1ccccn1. The maximum Gasteiger partial charge on any atom is 0.308 e. The van der Waals surface area contributed by atoms with Gasteiger partial charge in [-0.1, -0.05) is 24.3 Å². The number of carboxylic acids is 1. The van der Waals surface area contributed by atoms with E-state index in [2.05, 4.69) is 14.8 Å². The molecule has 140 valence electrons. The predicted molar refractivity (Wildman–Crippen MR) is 97.8 cm³/mol. The van der Waals surface area contributed by atoms with Crippen LogP contribution in [0.15, 0.2) is 72.0 Å². The molecule has 0 radical (unpaired) electrons. The van der Waals surface area contributed by atoms with Gasteiger partial charge in [0.25, 0.3) is 0 Å². The van der Waals surface area contributed by atoms with Crippen LogP contribution in [0, 0.1) is 5.92 Å². The molecular formula is C18H18N4O4S. The summed E-state index contributed by atoms with van der Waals surface area (Å²) in [4.78, 5) is 15.5. The van der Waals surface area contributed by atoms with Crippen molar-refractivity contribution in [3.05, 3.63) is 72.8 Å². The van der Waals surface area contributed by atoms with Gasteiger partial charge in [-0.05, 0) is 24.3 Å². The summed E-state index contributed by atoms with van der Waals surface area (Å²) in [6, 6.07) is 14.3. The number of sulfonamides is 1. The van der Waals surface area contributed by atoms with Crippen molar-refractivity contribution in [2.45, 2.75) is 11.3 Å². The molecule has 0 aliphatic carbocycles. The third kappa shape index (κ3) is 4.78. The molecule has 2 heterocycles. The Labute approximate surface area is 156 Å². The second-order valence-corrected chi connectivity index (χ2v) is 7.64. The first-order valence-electron chi connectivity index (χ1n) is 8.18. The van der Waals surface area contributed by atoms with Gasteiger partial charge in [0.15, 0.2) is 0 Å². The number of nitrogens with zero attached hydrogens (tertiary/aromatic N) is 3. The molecule has 3 rings (SSSR count). The zero-order valence-electron chi connectivity index (χ0n) is 14.3.